The van der Waals surface area contributed by atoms with E-state index in [1.807, 2.05) is 24.3 Å². The molecule has 3 N–H and O–H groups in total. The minimum Gasteiger partial charge on any atom is -0.478 e. The summed E-state index contributed by atoms with van der Waals surface area (Å²) in [4.78, 5) is 26.1. The van der Waals surface area contributed by atoms with Crippen LogP contribution in [0, 0.1) is 6.92 Å². The van der Waals surface area contributed by atoms with Gasteiger partial charge in [0.1, 0.15) is 0 Å². The topological polar surface area (TPSA) is 82.2 Å². The van der Waals surface area contributed by atoms with Crippen LogP contribution in [0.25, 0.3) is 11.6 Å². The van der Waals surface area contributed by atoms with Crippen LogP contribution in [0.4, 0.5) is 5.69 Å². The lowest BCUT2D eigenvalue weighted by Crippen LogP contribution is -2.04. The molecule has 20 heavy (non-hydrogen) atoms. The average Bonchev–Trinajstić information content (AvgIpc) is 2.92. The Morgan fingerprint density at radius 2 is 2.05 bits per heavy atom. The molecule has 3 rings (SSSR count). The molecule has 0 atom stereocenters. The van der Waals surface area contributed by atoms with Crippen LogP contribution in [0.1, 0.15) is 27.3 Å². The van der Waals surface area contributed by atoms with Crippen molar-refractivity contribution in [3.63, 3.8) is 0 Å². The molecule has 0 fully saturated rings. The van der Waals surface area contributed by atoms with Gasteiger partial charge in [0.25, 0.3) is 5.91 Å². The summed E-state index contributed by atoms with van der Waals surface area (Å²) < 4.78 is 0. The Bertz CT molecular complexity index is 756. The number of aromatic nitrogens is 1. The SMILES string of the molecule is Cc1cc(C(=O)O)c(/C=C2\C(=O)Nc3ccccc32)[nH]1. The van der Waals surface area contributed by atoms with Gasteiger partial charge in [-0.25, -0.2) is 4.79 Å². The number of hydrogen-bond donors (Lipinski definition) is 3. The maximum absolute atomic E-state index is 12.0. The van der Waals surface area contributed by atoms with Crippen LogP contribution in [0.2, 0.25) is 0 Å². The van der Waals surface area contributed by atoms with Gasteiger partial charge in [-0.2, -0.15) is 0 Å². The standard InChI is InChI=1S/C15H12N2O3/c1-8-6-11(15(19)20)13(16-8)7-10-9-4-2-3-5-12(9)17-14(10)18/h2-7,16H,1H3,(H,17,18)(H,19,20)/b10-7-. The number of H-pyrrole nitrogens is 1. The van der Waals surface area contributed by atoms with Crippen molar-refractivity contribution in [1.82, 2.24) is 4.98 Å². The Morgan fingerprint density at radius 1 is 1.30 bits per heavy atom. The number of rotatable bonds is 2. The number of nitrogens with one attached hydrogen (secondary N) is 2. The largest absolute Gasteiger partial charge is 0.478 e. The molecule has 0 saturated heterocycles. The minimum atomic E-state index is -1.02. The molecule has 0 unspecified atom stereocenters. The van der Waals surface area contributed by atoms with Crippen LogP contribution >= 0.6 is 0 Å². The summed E-state index contributed by atoms with van der Waals surface area (Å²) in [6.45, 7) is 1.77. The third-order valence-corrected chi connectivity index (χ3v) is 3.21. The number of aromatic amines is 1. The molecule has 0 saturated carbocycles. The minimum absolute atomic E-state index is 0.159. The van der Waals surface area contributed by atoms with Crippen LogP contribution in [-0.2, 0) is 4.79 Å². The van der Waals surface area contributed by atoms with E-state index in [9.17, 15) is 9.59 Å². The van der Waals surface area contributed by atoms with Crippen LogP contribution < -0.4 is 5.32 Å². The van der Waals surface area contributed by atoms with Crippen molar-refractivity contribution in [2.75, 3.05) is 5.32 Å². The Balaban J connectivity index is 2.14. The Hall–Kier alpha value is -2.82. The zero-order valence-corrected chi connectivity index (χ0v) is 10.7. The highest BCUT2D eigenvalue weighted by atomic mass is 16.4. The summed E-state index contributed by atoms with van der Waals surface area (Å²) in [5.41, 5.74) is 3.31. The molecule has 100 valence electrons. The third kappa shape index (κ3) is 1.89. The number of carbonyl (C=O) groups is 2. The number of anilines is 1. The quantitative estimate of drug-likeness (QED) is 0.732. The van der Waals surface area contributed by atoms with Gasteiger partial charge in [0.05, 0.1) is 16.8 Å². The number of carbonyl (C=O) groups excluding carboxylic acids is 1. The van der Waals surface area contributed by atoms with Gasteiger partial charge in [-0.05, 0) is 25.1 Å². The lowest BCUT2D eigenvalue weighted by Gasteiger charge is -1.98. The molecule has 0 aliphatic carbocycles. The van der Waals surface area contributed by atoms with Crippen molar-refractivity contribution in [3.8, 4) is 0 Å². The lowest BCUT2D eigenvalue weighted by atomic mass is 10.1. The summed E-state index contributed by atoms with van der Waals surface area (Å²) >= 11 is 0. The molecule has 1 amide bonds. The predicted octanol–water partition coefficient (Wildman–Crippen LogP) is 2.51. The van der Waals surface area contributed by atoms with Crippen LogP contribution in [0.15, 0.2) is 30.3 Å². The van der Waals surface area contributed by atoms with Crippen molar-refractivity contribution < 1.29 is 14.7 Å². The summed E-state index contributed by atoms with van der Waals surface area (Å²) in [5, 5.41) is 11.9. The first-order valence-electron chi connectivity index (χ1n) is 6.11. The first-order chi connectivity index (χ1) is 9.56. The number of aryl methyl sites for hydroxylation is 1. The lowest BCUT2D eigenvalue weighted by molar-refractivity contribution is -0.110. The van der Waals surface area contributed by atoms with E-state index in [0.29, 0.717) is 11.3 Å². The molecule has 0 bridgehead atoms. The van der Waals surface area contributed by atoms with E-state index >= 15 is 0 Å². The normalized spacial score (nSPS) is 15.2. The van der Waals surface area contributed by atoms with E-state index in [1.165, 1.54) is 0 Å². The van der Waals surface area contributed by atoms with Gasteiger partial charge < -0.3 is 15.4 Å². The van der Waals surface area contributed by atoms with Crippen LogP contribution in [0.3, 0.4) is 0 Å². The Labute approximate surface area is 114 Å². The fraction of sp³-hybridized carbons (Fsp3) is 0.0667. The fourth-order valence-corrected chi connectivity index (χ4v) is 2.33. The number of fused-ring (bicyclic) bond motifs is 1. The molecule has 5 heteroatoms. The number of aromatic carboxylic acids is 1. The fourth-order valence-electron chi connectivity index (χ4n) is 2.33. The van der Waals surface area contributed by atoms with Crippen molar-refractivity contribution in [2.45, 2.75) is 6.92 Å². The first-order valence-corrected chi connectivity index (χ1v) is 6.11. The number of benzene rings is 1. The highest BCUT2D eigenvalue weighted by molar-refractivity contribution is 6.35. The average molecular weight is 268 g/mol. The molecule has 1 aromatic heterocycles. The van der Waals surface area contributed by atoms with Gasteiger partial charge in [0.2, 0.25) is 0 Å². The van der Waals surface area contributed by atoms with E-state index in [0.717, 1.165) is 16.9 Å². The molecular weight excluding hydrogens is 256 g/mol. The smallest absolute Gasteiger partial charge is 0.337 e. The Kier molecular flexibility index (Phi) is 2.68. The molecular formula is C15H12N2O3. The van der Waals surface area contributed by atoms with Crippen LogP contribution in [0.5, 0.6) is 0 Å². The second-order valence-electron chi connectivity index (χ2n) is 4.64. The highest BCUT2D eigenvalue weighted by Gasteiger charge is 2.24. The summed E-state index contributed by atoms with van der Waals surface area (Å²) in [6.07, 6.45) is 1.58. The van der Waals surface area contributed by atoms with Gasteiger partial charge in [0.15, 0.2) is 0 Å². The van der Waals surface area contributed by atoms with E-state index in [4.69, 9.17) is 5.11 Å². The molecule has 1 aliphatic rings. The van der Waals surface area contributed by atoms with Crippen LogP contribution in [-0.4, -0.2) is 22.0 Å². The number of para-hydroxylation sites is 1. The van der Waals surface area contributed by atoms with Crippen molar-refractivity contribution >= 4 is 29.2 Å². The second-order valence-corrected chi connectivity index (χ2v) is 4.64. The zero-order chi connectivity index (χ0) is 14.3. The second kappa shape index (κ2) is 4.38. The predicted molar refractivity (Wildman–Crippen MR) is 75.4 cm³/mol. The third-order valence-electron chi connectivity index (χ3n) is 3.21. The highest BCUT2D eigenvalue weighted by Crippen LogP contribution is 2.33. The van der Waals surface area contributed by atoms with Crippen molar-refractivity contribution in [2.24, 2.45) is 0 Å². The summed E-state index contributed by atoms with van der Waals surface area (Å²) in [7, 11) is 0. The van der Waals surface area contributed by atoms with Gasteiger partial charge >= 0.3 is 5.97 Å². The van der Waals surface area contributed by atoms with Gasteiger partial charge in [0, 0.05) is 16.9 Å². The molecule has 0 spiro atoms. The number of hydrogen-bond acceptors (Lipinski definition) is 2. The van der Waals surface area contributed by atoms with Gasteiger partial charge in [-0.1, -0.05) is 18.2 Å². The van der Waals surface area contributed by atoms with Crippen molar-refractivity contribution in [1.29, 1.82) is 0 Å². The van der Waals surface area contributed by atoms with Gasteiger partial charge in [-0.15, -0.1) is 0 Å². The summed E-state index contributed by atoms with van der Waals surface area (Å²) in [5.74, 6) is -1.25. The monoisotopic (exact) mass is 268 g/mol. The summed E-state index contributed by atoms with van der Waals surface area (Å²) in [6, 6.07) is 8.86. The zero-order valence-electron chi connectivity index (χ0n) is 10.7. The maximum Gasteiger partial charge on any atom is 0.337 e. The van der Waals surface area contributed by atoms with E-state index in [2.05, 4.69) is 10.3 Å². The first kappa shape index (κ1) is 12.2. The van der Waals surface area contributed by atoms with E-state index in [1.54, 1.807) is 19.1 Å². The molecule has 0 radical (unpaired) electrons. The van der Waals surface area contributed by atoms with E-state index in [-0.39, 0.29) is 11.5 Å². The number of carboxylic acids is 1. The molecule has 5 nitrogen and oxygen atoms in total. The van der Waals surface area contributed by atoms with E-state index < -0.39 is 5.97 Å². The number of carboxylic acid groups (broad SMARTS) is 1. The number of amides is 1. The molecule has 1 aliphatic heterocycles. The van der Waals surface area contributed by atoms with Gasteiger partial charge in [-0.3, -0.25) is 4.79 Å². The molecule has 1 aromatic carbocycles. The molecule has 2 aromatic rings. The van der Waals surface area contributed by atoms with Crippen molar-refractivity contribution in [3.05, 3.63) is 52.8 Å². The maximum atomic E-state index is 12.0. The Morgan fingerprint density at radius 3 is 2.80 bits per heavy atom. The molecule has 2 heterocycles.